The lowest BCUT2D eigenvalue weighted by Crippen LogP contribution is -2.47. The number of pyridine rings is 1. The number of nitro groups is 1. The molecule has 2 N–H and O–H groups in total. The fourth-order valence-corrected chi connectivity index (χ4v) is 3.01. The quantitative estimate of drug-likeness (QED) is 0.370. The smallest absolute Gasteiger partial charge is 0.406 e. The molecule has 1 atom stereocenters. The zero-order chi connectivity index (χ0) is 22.4. The van der Waals surface area contributed by atoms with Gasteiger partial charge in [-0.25, -0.2) is 9.59 Å². The number of hydrogen-bond donors (Lipinski definition) is 2. The van der Waals surface area contributed by atoms with Crippen molar-refractivity contribution in [3.05, 3.63) is 69.5 Å². The van der Waals surface area contributed by atoms with Gasteiger partial charge in [-0.05, 0) is 46.7 Å². The summed E-state index contributed by atoms with van der Waals surface area (Å²) in [4.78, 5) is 39.2. The van der Waals surface area contributed by atoms with Crippen LogP contribution >= 0.6 is 0 Å². The van der Waals surface area contributed by atoms with E-state index in [1.54, 1.807) is 31.2 Å². The van der Waals surface area contributed by atoms with Crippen LogP contribution in [0.25, 0.3) is 0 Å². The van der Waals surface area contributed by atoms with Crippen molar-refractivity contribution in [2.45, 2.75) is 13.0 Å². The Morgan fingerprint density at radius 3 is 2.65 bits per heavy atom. The molecule has 1 unspecified atom stereocenters. The van der Waals surface area contributed by atoms with E-state index < -0.39 is 28.8 Å². The second-order valence-electron chi connectivity index (χ2n) is 6.29. The van der Waals surface area contributed by atoms with Crippen molar-refractivity contribution < 1.29 is 28.7 Å². The Morgan fingerprint density at radius 2 is 2.00 bits per heavy atom. The number of urea groups is 1. The molecule has 0 fully saturated rings. The van der Waals surface area contributed by atoms with Crippen LogP contribution in [-0.4, -0.2) is 42.2 Å². The van der Waals surface area contributed by atoms with E-state index in [-0.39, 0.29) is 30.2 Å². The van der Waals surface area contributed by atoms with Crippen molar-refractivity contribution >= 4 is 17.8 Å². The number of aromatic nitrogens is 1. The highest BCUT2D eigenvalue weighted by Crippen LogP contribution is 2.30. The maximum absolute atomic E-state index is 12.7. The van der Waals surface area contributed by atoms with Gasteiger partial charge < -0.3 is 35.0 Å². The normalized spacial score (nSPS) is 15.5. The highest BCUT2D eigenvalue weighted by Gasteiger charge is 2.34. The zero-order valence-corrected chi connectivity index (χ0v) is 16.8. The number of hydrogen-bond acceptors (Lipinski definition) is 8. The second kappa shape index (κ2) is 9.57. The van der Waals surface area contributed by atoms with E-state index in [1.807, 2.05) is 0 Å². The van der Waals surface area contributed by atoms with Gasteiger partial charge in [0.2, 0.25) is 5.75 Å². The molecule has 11 nitrogen and oxygen atoms in total. The van der Waals surface area contributed by atoms with Crippen LogP contribution in [0.3, 0.4) is 0 Å². The minimum absolute atomic E-state index is 0.100. The maximum Gasteiger partial charge on any atom is 0.406 e. The van der Waals surface area contributed by atoms with E-state index in [2.05, 4.69) is 15.6 Å². The summed E-state index contributed by atoms with van der Waals surface area (Å²) in [7, 11) is 1.53. The number of amides is 2. The molecular formula is C20H20N4O7. The average molecular weight is 428 g/mol. The molecule has 11 heteroatoms. The van der Waals surface area contributed by atoms with Crippen LogP contribution < -0.4 is 20.1 Å². The second-order valence-corrected chi connectivity index (χ2v) is 6.29. The molecular weight excluding hydrogens is 408 g/mol. The van der Waals surface area contributed by atoms with Crippen LogP contribution in [0, 0.1) is 10.1 Å². The van der Waals surface area contributed by atoms with E-state index in [0.29, 0.717) is 11.3 Å². The number of nitrogens with one attached hydrogen (secondary N) is 2. The molecule has 0 saturated carbocycles. The van der Waals surface area contributed by atoms with Gasteiger partial charge in [-0.3, -0.25) is 0 Å². The Morgan fingerprint density at radius 1 is 1.26 bits per heavy atom. The standard InChI is InChI=1S/C20H20N4O7/c1-3-30-19(25)16-14(11-31-15-5-4-10-21-18(15)24(27)28)22-20(26)23-17(16)12-6-8-13(29-2)9-7-12/h4-10,17H,3,11H2,1-2H3,(H2,22,23,26). The predicted octanol–water partition coefficient (Wildman–Crippen LogP) is 2.25. The first-order valence-corrected chi connectivity index (χ1v) is 9.28. The van der Waals surface area contributed by atoms with Crippen LogP contribution in [0.1, 0.15) is 18.5 Å². The third kappa shape index (κ3) is 4.89. The van der Waals surface area contributed by atoms with Gasteiger partial charge in [0.25, 0.3) is 0 Å². The Labute approximate surface area is 177 Å². The number of benzene rings is 1. The summed E-state index contributed by atoms with van der Waals surface area (Å²) < 4.78 is 15.8. The number of ether oxygens (including phenoxy) is 3. The highest BCUT2D eigenvalue weighted by molar-refractivity contribution is 5.95. The van der Waals surface area contributed by atoms with Crippen molar-refractivity contribution in [3.63, 3.8) is 0 Å². The lowest BCUT2D eigenvalue weighted by atomic mass is 9.95. The first-order valence-electron chi connectivity index (χ1n) is 9.28. The Balaban J connectivity index is 1.98. The van der Waals surface area contributed by atoms with Gasteiger partial charge in [0.05, 0.1) is 31.0 Å². The SMILES string of the molecule is CCOC(=O)C1=C(COc2cccnc2[N+](=O)[O-])NC(=O)NC1c1ccc(OC)cc1. The predicted molar refractivity (Wildman–Crippen MR) is 107 cm³/mol. The Kier molecular flexibility index (Phi) is 6.65. The monoisotopic (exact) mass is 428 g/mol. The van der Waals surface area contributed by atoms with Crippen molar-refractivity contribution in [2.24, 2.45) is 0 Å². The maximum atomic E-state index is 12.7. The van der Waals surface area contributed by atoms with E-state index in [0.717, 1.165) is 0 Å². The molecule has 0 aliphatic carbocycles. The fourth-order valence-electron chi connectivity index (χ4n) is 3.01. The van der Waals surface area contributed by atoms with Crippen molar-refractivity contribution in [3.8, 4) is 11.5 Å². The minimum Gasteiger partial charge on any atom is -0.497 e. The Hall–Kier alpha value is -4.15. The zero-order valence-electron chi connectivity index (χ0n) is 16.8. The first-order chi connectivity index (χ1) is 14.9. The molecule has 2 amide bonds. The van der Waals surface area contributed by atoms with Gasteiger partial charge in [-0.2, -0.15) is 0 Å². The third-order valence-electron chi connectivity index (χ3n) is 4.39. The van der Waals surface area contributed by atoms with Gasteiger partial charge >= 0.3 is 17.8 Å². The van der Waals surface area contributed by atoms with Crippen LogP contribution in [0.15, 0.2) is 53.9 Å². The van der Waals surface area contributed by atoms with Gasteiger partial charge in [-0.15, -0.1) is 0 Å². The number of carbonyl (C=O) groups is 2. The lowest BCUT2D eigenvalue weighted by Gasteiger charge is -2.29. The number of methoxy groups -OCH3 is 1. The molecule has 0 saturated heterocycles. The summed E-state index contributed by atoms with van der Waals surface area (Å²) in [5.41, 5.74) is 0.864. The largest absolute Gasteiger partial charge is 0.497 e. The van der Waals surface area contributed by atoms with Crippen LogP contribution in [-0.2, 0) is 9.53 Å². The minimum atomic E-state index is -0.818. The first kappa shape index (κ1) is 21.6. The van der Waals surface area contributed by atoms with Crippen molar-refractivity contribution in [1.29, 1.82) is 0 Å². The summed E-state index contributed by atoms with van der Waals surface area (Å²) in [5, 5.41) is 16.4. The summed E-state index contributed by atoms with van der Waals surface area (Å²) in [6.45, 7) is 1.46. The summed E-state index contributed by atoms with van der Waals surface area (Å²) in [5.74, 6) is -0.627. The van der Waals surface area contributed by atoms with E-state index in [9.17, 15) is 19.7 Å². The molecule has 0 bridgehead atoms. The van der Waals surface area contributed by atoms with E-state index >= 15 is 0 Å². The van der Waals surface area contributed by atoms with Crippen LogP contribution in [0.2, 0.25) is 0 Å². The lowest BCUT2D eigenvalue weighted by molar-refractivity contribution is -0.390. The van der Waals surface area contributed by atoms with E-state index in [1.165, 1.54) is 25.4 Å². The average Bonchev–Trinajstić information content (AvgIpc) is 2.77. The summed E-state index contributed by atoms with van der Waals surface area (Å²) >= 11 is 0. The number of rotatable bonds is 8. The molecule has 0 radical (unpaired) electrons. The highest BCUT2D eigenvalue weighted by atomic mass is 16.6. The number of carbonyl (C=O) groups excluding carboxylic acids is 2. The molecule has 2 aromatic rings. The van der Waals surface area contributed by atoms with Crippen LogP contribution in [0.4, 0.5) is 10.6 Å². The van der Waals surface area contributed by atoms with Gasteiger partial charge in [-0.1, -0.05) is 12.1 Å². The molecule has 1 aliphatic heterocycles. The third-order valence-corrected chi connectivity index (χ3v) is 4.39. The Bertz CT molecular complexity index is 1020. The topological polar surface area (TPSA) is 142 Å². The van der Waals surface area contributed by atoms with Gasteiger partial charge in [0.1, 0.15) is 18.6 Å². The fraction of sp³-hybridized carbons (Fsp3) is 0.250. The van der Waals surface area contributed by atoms with Gasteiger partial charge in [0, 0.05) is 0 Å². The number of esters is 1. The molecule has 162 valence electrons. The van der Waals surface area contributed by atoms with Gasteiger partial charge in [0.15, 0.2) is 0 Å². The molecule has 2 heterocycles. The molecule has 3 rings (SSSR count). The summed E-state index contributed by atoms with van der Waals surface area (Å²) in [6.07, 6.45) is 1.26. The van der Waals surface area contributed by atoms with Crippen molar-refractivity contribution in [1.82, 2.24) is 15.6 Å². The molecule has 1 aromatic carbocycles. The molecule has 1 aromatic heterocycles. The molecule has 31 heavy (non-hydrogen) atoms. The van der Waals surface area contributed by atoms with E-state index in [4.69, 9.17) is 14.2 Å². The molecule has 1 aliphatic rings. The van der Waals surface area contributed by atoms with Crippen molar-refractivity contribution in [2.75, 3.05) is 20.3 Å². The molecule has 0 spiro atoms. The van der Waals surface area contributed by atoms with Crippen LogP contribution in [0.5, 0.6) is 11.5 Å². The number of nitrogens with zero attached hydrogens (tertiary/aromatic N) is 2. The summed E-state index contributed by atoms with van der Waals surface area (Å²) in [6, 6.07) is 8.28.